The number of nitrogens with zero attached hydrogens (tertiary/aromatic N) is 2. The molecule has 2 saturated carbocycles. The third kappa shape index (κ3) is 3.22. The second kappa shape index (κ2) is 6.98. The van der Waals surface area contributed by atoms with Crippen molar-refractivity contribution >= 4 is 17.9 Å². The van der Waals surface area contributed by atoms with E-state index in [0.29, 0.717) is 17.4 Å². The molecular weight excluding hydrogens is 344 g/mol. The van der Waals surface area contributed by atoms with Gasteiger partial charge in [-0.05, 0) is 42.7 Å². The van der Waals surface area contributed by atoms with Crippen LogP contribution in [0.2, 0.25) is 0 Å². The van der Waals surface area contributed by atoms with Crippen molar-refractivity contribution in [2.45, 2.75) is 47.0 Å². The van der Waals surface area contributed by atoms with Gasteiger partial charge in [0.25, 0.3) is 0 Å². The summed E-state index contributed by atoms with van der Waals surface area (Å²) in [5.41, 5.74) is 2.36. The number of hydrogen-bond acceptors (Lipinski definition) is 6. The minimum atomic E-state index is -0.438. The van der Waals surface area contributed by atoms with E-state index in [1.807, 2.05) is 0 Å². The molecule has 0 aromatic heterocycles. The Morgan fingerprint density at radius 2 is 1.81 bits per heavy atom. The van der Waals surface area contributed by atoms with Gasteiger partial charge in [0.1, 0.15) is 0 Å². The first-order chi connectivity index (χ1) is 12.7. The summed E-state index contributed by atoms with van der Waals surface area (Å²) in [6.07, 6.45) is 5.16. The first kappa shape index (κ1) is 19.4. The molecule has 2 bridgehead atoms. The minimum Gasteiger partial charge on any atom is -0.493 e. The third-order valence-electron chi connectivity index (χ3n) is 6.63. The maximum Gasteiger partial charge on any atom is 0.308 e. The van der Waals surface area contributed by atoms with Crippen molar-refractivity contribution in [2.24, 2.45) is 27.0 Å². The number of benzene rings is 1. The van der Waals surface area contributed by atoms with Crippen LogP contribution in [0.5, 0.6) is 17.2 Å². The predicted octanol–water partition coefficient (Wildman–Crippen LogP) is 4.25. The normalized spacial score (nSPS) is 27.3. The smallest absolute Gasteiger partial charge is 0.308 e. The van der Waals surface area contributed by atoms with Crippen molar-refractivity contribution < 1.29 is 19.0 Å². The summed E-state index contributed by atoms with van der Waals surface area (Å²) in [7, 11) is 3.03. The first-order valence-electron chi connectivity index (χ1n) is 9.27. The highest BCUT2D eigenvalue weighted by molar-refractivity contribution is 5.95. The van der Waals surface area contributed by atoms with Crippen molar-refractivity contribution in [3.8, 4) is 17.2 Å². The van der Waals surface area contributed by atoms with Crippen LogP contribution >= 0.6 is 0 Å². The molecule has 0 saturated heterocycles. The Balaban J connectivity index is 1.87. The molecule has 6 heteroatoms. The molecule has 1 aromatic carbocycles. The molecule has 6 nitrogen and oxygen atoms in total. The van der Waals surface area contributed by atoms with Crippen LogP contribution in [-0.4, -0.2) is 32.1 Å². The molecule has 2 fully saturated rings. The maximum absolute atomic E-state index is 11.3. The molecule has 2 unspecified atom stereocenters. The van der Waals surface area contributed by atoms with Gasteiger partial charge in [-0.15, -0.1) is 0 Å². The summed E-state index contributed by atoms with van der Waals surface area (Å²) in [6.45, 7) is 8.34. The van der Waals surface area contributed by atoms with Crippen LogP contribution in [0.25, 0.3) is 0 Å². The van der Waals surface area contributed by atoms with Crippen molar-refractivity contribution in [1.82, 2.24) is 0 Å². The monoisotopic (exact) mass is 372 g/mol. The van der Waals surface area contributed by atoms with Crippen LogP contribution in [0.1, 0.15) is 52.5 Å². The van der Waals surface area contributed by atoms with Crippen molar-refractivity contribution in [3.05, 3.63) is 17.7 Å². The lowest BCUT2D eigenvalue weighted by Crippen LogP contribution is -2.32. The Kier molecular flexibility index (Phi) is 5.02. The highest BCUT2D eigenvalue weighted by Gasteiger charge is 2.59. The second-order valence-electron chi connectivity index (χ2n) is 8.13. The summed E-state index contributed by atoms with van der Waals surface area (Å²) in [4.78, 5) is 11.3. The largest absolute Gasteiger partial charge is 0.493 e. The molecule has 0 aliphatic heterocycles. The first-order valence-corrected chi connectivity index (χ1v) is 9.27. The molecule has 0 N–H and O–H groups in total. The topological polar surface area (TPSA) is 69.5 Å². The van der Waals surface area contributed by atoms with E-state index in [1.165, 1.54) is 39.7 Å². The Morgan fingerprint density at radius 1 is 1.19 bits per heavy atom. The van der Waals surface area contributed by atoms with E-state index in [2.05, 4.69) is 31.0 Å². The van der Waals surface area contributed by atoms with Gasteiger partial charge in [0.2, 0.25) is 5.75 Å². The Hall–Kier alpha value is -2.37. The minimum absolute atomic E-state index is 0.129. The molecule has 27 heavy (non-hydrogen) atoms. The fraction of sp³-hybridized carbons (Fsp3) is 0.571. The van der Waals surface area contributed by atoms with E-state index in [1.54, 1.807) is 18.3 Å². The van der Waals surface area contributed by atoms with Gasteiger partial charge in [-0.1, -0.05) is 20.8 Å². The molecule has 0 radical (unpaired) electrons. The molecule has 146 valence electrons. The summed E-state index contributed by atoms with van der Waals surface area (Å²) in [6, 6.07) is 3.49. The Morgan fingerprint density at radius 3 is 2.26 bits per heavy atom. The number of ether oxygens (including phenoxy) is 3. The van der Waals surface area contributed by atoms with E-state index in [-0.39, 0.29) is 16.6 Å². The van der Waals surface area contributed by atoms with Crippen LogP contribution in [0, 0.1) is 16.7 Å². The van der Waals surface area contributed by atoms with Crippen LogP contribution in [0.15, 0.2) is 22.3 Å². The standard InChI is InChI=1S/C21H28N2O4/c1-13(24)27-19-16(25-5)9-14(10-17(19)26-6)12-22-23-18-11-15-7-8-21(18,4)20(15,2)3/h9-10,12,15H,7-8,11H2,1-6H3/b22-12+,23-18-. The van der Waals surface area contributed by atoms with Gasteiger partial charge in [0.05, 0.1) is 20.4 Å². The molecule has 2 aliphatic carbocycles. The van der Waals surface area contributed by atoms with Crippen molar-refractivity contribution in [2.75, 3.05) is 14.2 Å². The molecule has 0 heterocycles. The lowest BCUT2D eigenvalue weighted by Gasteiger charge is -2.34. The summed E-state index contributed by atoms with van der Waals surface area (Å²) >= 11 is 0. The Labute approximate surface area is 160 Å². The van der Waals surface area contributed by atoms with E-state index in [0.717, 1.165) is 12.0 Å². The lowest BCUT2D eigenvalue weighted by atomic mass is 9.70. The van der Waals surface area contributed by atoms with Crippen molar-refractivity contribution in [1.29, 1.82) is 0 Å². The molecule has 1 aromatic rings. The fourth-order valence-corrected chi connectivity index (χ4v) is 4.46. The van der Waals surface area contributed by atoms with Gasteiger partial charge in [-0.2, -0.15) is 10.2 Å². The lowest BCUT2D eigenvalue weighted by molar-refractivity contribution is -0.132. The second-order valence-corrected chi connectivity index (χ2v) is 8.13. The van der Waals surface area contributed by atoms with Crippen molar-refractivity contribution in [3.63, 3.8) is 0 Å². The summed E-state index contributed by atoms with van der Waals surface area (Å²) in [5.74, 6) is 1.34. The molecule has 3 rings (SSSR count). The maximum atomic E-state index is 11.3. The molecule has 2 atom stereocenters. The molecule has 0 amide bonds. The average molecular weight is 372 g/mol. The summed E-state index contributed by atoms with van der Waals surface area (Å²) < 4.78 is 15.9. The zero-order valence-corrected chi connectivity index (χ0v) is 17.0. The van der Waals surface area contributed by atoms with E-state index in [4.69, 9.17) is 14.2 Å². The predicted molar refractivity (Wildman–Crippen MR) is 105 cm³/mol. The zero-order valence-electron chi connectivity index (χ0n) is 17.0. The number of carbonyl (C=O) groups is 1. The number of methoxy groups -OCH3 is 2. The number of fused-ring (bicyclic) bond motifs is 2. The van der Waals surface area contributed by atoms with Gasteiger partial charge >= 0.3 is 5.97 Å². The van der Waals surface area contributed by atoms with Gasteiger partial charge in [-0.3, -0.25) is 4.79 Å². The number of esters is 1. The molecule has 2 aliphatic rings. The zero-order chi connectivity index (χ0) is 19.8. The van der Waals surface area contributed by atoms with Crippen LogP contribution in [-0.2, 0) is 4.79 Å². The fourth-order valence-electron chi connectivity index (χ4n) is 4.46. The summed E-state index contributed by atoms with van der Waals surface area (Å²) in [5, 5.41) is 8.91. The van der Waals surface area contributed by atoms with Gasteiger partial charge < -0.3 is 14.2 Å². The quantitative estimate of drug-likeness (QED) is 0.335. The Bertz CT molecular complexity index is 787. The third-order valence-corrected chi connectivity index (χ3v) is 6.63. The number of carbonyl (C=O) groups excluding carboxylic acids is 1. The van der Waals surface area contributed by atoms with Gasteiger partial charge in [0, 0.05) is 23.6 Å². The average Bonchev–Trinajstić information content (AvgIpc) is 2.95. The van der Waals surface area contributed by atoms with E-state index < -0.39 is 5.97 Å². The SMILES string of the molecule is COc1cc(/C=N/N=C2/CC3CCC2(C)C3(C)C)cc(OC)c1OC(C)=O. The molecular formula is C21H28N2O4. The van der Waals surface area contributed by atoms with E-state index in [9.17, 15) is 4.79 Å². The molecule has 0 spiro atoms. The van der Waals surface area contributed by atoms with Crippen LogP contribution in [0.3, 0.4) is 0 Å². The highest BCUT2D eigenvalue weighted by atomic mass is 16.6. The van der Waals surface area contributed by atoms with Gasteiger partial charge in [0.15, 0.2) is 11.5 Å². The van der Waals surface area contributed by atoms with Crippen LogP contribution < -0.4 is 14.2 Å². The number of rotatable bonds is 5. The van der Waals surface area contributed by atoms with Crippen LogP contribution in [0.4, 0.5) is 0 Å². The highest BCUT2D eigenvalue weighted by Crippen LogP contribution is 2.64. The number of hydrogen-bond donors (Lipinski definition) is 0. The van der Waals surface area contributed by atoms with Gasteiger partial charge in [-0.25, -0.2) is 0 Å². The van der Waals surface area contributed by atoms with E-state index >= 15 is 0 Å².